The Labute approximate surface area is 116 Å². The van der Waals surface area contributed by atoms with Crippen LogP contribution in [-0.2, 0) is 16.1 Å². The summed E-state index contributed by atoms with van der Waals surface area (Å²) >= 11 is 5.85. The minimum Gasteiger partial charge on any atom is -0.398 e. The average molecular weight is 282 g/mol. The van der Waals surface area contributed by atoms with Gasteiger partial charge in [0.25, 0.3) is 0 Å². The van der Waals surface area contributed by atoms with Crippen LogP contribution in [0.2, 0.25) is 5.02 Å². The first-order valence-corrected chi connectivity index (χ1v) is 6.32. The first kappa shape index (κ1) is 13.8. The van der Waals surface area contributed by atoms with Crippen molar-refractivity contribution in [3.8, 4) is 0 Å². The molecule has 102 valence electrons. The number of halogens is 1. The molecule has 5 nitrogen and oxygen atoms in total. The minimum absolute atomic E-state index is 0.167. The number of rotatable bonds is 2. The number of nitrogen functional groups attached to an aromatic ring is 1. The topological polar surface area (TPSA) is 75.4 Å². The summed E-state index contributed by atoms with van der Waals surface area (Å²) in [5.74, 6) is -0.590. The predicted molar refractivity (Wildman–Crippen MR) is 73.5 cm³/mol. The molecule has 0 bridgehead atoms. The maximum atomic E-state index is 11.8. The molecule has 0 saturated carbocycles. The Morgan fingerprint density at radius 3 is 2.74 bits per heavy atom. The lowest BCUT2D eigenvalue weighted by Gasteiger charge is -2.40. The second-order valence-electron chi connectivity index (χ2n) is 5.14. The first-order chi connectivity index (χ1) is 8.80. The third-order valence-corrected chi connectivity index (χ3v) is 3.64. The number of nitrogens with one attached hydrogen (secondary N) is 1. The number of piperazine rings is 1. The second kappa shape index (κ2) is 4.83. The molecule has 6 heteroatoms. The van der Waals surface area contributed by atoms with Crippen molar-refractivity contribution < 1.29 is 9.59 Å². The van der Waals surface area contributed by atoms with Gasteiger partial charge in [-0.3, -0.25) is 19.8 Å². The Morgan fingerprint density at radius 1 is 1.42 bits per heavy atom. The van der Waals surface area contributed by atoms with E-state index < -0.39 is 5.54 Å². The molecular formula is C13H16ClN3O2. The van der Waals surface area contributed by atoms with Crippen molar-refractivity contribution >= 4 is 29.1 Å². The number of benzene rings is 1. The predicted octanol–water partition coefficient (Wildman–Crippen LogP) is 1.16. The first-order valence-electron chi connectivity index (χ1n) is 5.94. The second-order valence-corrected chi connectivity index (χ2v) is 5.57. The van der Waals surface area contributed by atoms with E-state index in [4.69, 9.17) is 17.3 Å². The van der Waals surface area contributed by atoms with E-state index in [0.717, 1.165) is 5.56 Å². The van der Waals surface area contributed by atoms with Crippen molar-refractivity contribution in [1.82, 2.24) is 10.2 Å². The van der Waals surface area contributed by atoms with Gasteiger partial charge in [0, 0.05) is 17.3 Å². The molecule has 19 heavy (non-hydrogen) atoms. The molecule has 1 aliphatic rings. The van der Waals surface area contributed by atoms with Crippen LogP contribution in [0.15, 0.2) is 18.2 Å². The number of nitrogens with two attached hydrogens (primary N) is 1. The van der Waals surface area contributed by atoms with Gasteiger partial charge in [0.1, 0.15) is 0 Å². The lowest BCUT2D eigenvalue weighted by atomic mass is 9.97. The number of hydrogen-bond acceptors (Lipinski definition) is 4. The van der Waals surface area contributed by atoms with Crippen LogP contribution in [0.3, 0.4) is 0 Å². The molecule has 0 aromatic heterocycles. The zero-order chi connectivity index (χ0) is 14.2. The van der Waals surface area contributed by atoms with E-state index in [-0.39, 0.29) is 18.4 Å². The van der Waals surface area contributed by atoms with Crippen LogP contribution in [-0.4, -0.2) is 28.8 Å². The van der Waals surface area contributed by atoms with Crippen LogP contribution in [0, 0.1) is 0 Å². The highest BCUT2D eigenvalue weighted by Gasteiger charge is 2.40. The molecule has 1 aliphatic heterocycles. The number of nitrogens with zero attached hydrogens (tertiary/aromatic N) is 1. The maximum Gasteiger partial charge on any atom is 0.246 e. The molecule has 3 N–H and O–H groups in total. The number of carbonyl (C=O) groups is 2. The summed E-state index contributed by atoms with van der Waals surface area (Å²) in [6.45, 7) is 4.15. The summed E-state index contributed by atoms with van der Waals surface area (Å²) in [5, 5.41) is 2.90. The zero-order valence-electron chi connectivity index (χ0n) is 10.9. The van der Waals surface area contributed by atoms with Gasteiger partial charge >= 0.3 is 0 Å². The lowest BCUT2D eigenvalue weighted by molar-refractivity contribution is -0.145. The van der Waals surface area contributed by atoms with Gasteiger partial charge in [0.15, 0.2) is 0 Å². The summed E-state index contributed by atoms with van der Waals surface area (Å²) in [7, 11) is 0. The summed E-state index contributed by atoms with van der Waals surface area (Å²) in [6, 6.07) is 5.21. The Hall–Kier alpha value is -1.59. The van der Waals surface area contributed by atoms with Gasteiger partial charge in [-0.15, -0.1) is 0 Å². The SMILES string of the molecule is CC1(C)C(=O)NC(=O)CN1Cc1ccc(Cl)cc1N. The number of anilines is 1. The third-order valence-electron chi connectivity index (χ3n) is 3.40. The molecule has 1 fully saturated rings. The van der Waals surface area contributed by atoms with Gasteiger partial charge in [-0.2, -0.15) is 0 Å². The lowest BCUT2D eigenvalue weighted by Crippen LogP contribution is -2.63. The van der Waals surface area contributed by atoms with E-state index in [1.807, 2.05) is 6.07 Å². The van der Waals surface area contributed by atoms with Crippen molar-refractivity contribution in [3.05, 3.63) is 28.8 Å². The molecule has 2 rings (SSSR count). The zero-order valence-corrected chi connectivity index (χ0v) is 11.6. The van der Waals surface area contributed by atoms with Gasteiger partial charge in [-0.05, 0) is 31.5 Å². The highest BCUT2D eigenvalue weighted by atomic mass is 35.5. The number of hydrogen-bond donors (Lipinski definition) is 2. The molecule has 2 amide bonds. The normalized spacial score (nSPS) is 19.3. The van der Waals surface area contributed by atoms with Crippen LogP contribution in [0.5, 0.6) is 0 Å². The van der Waals surface area contributed by atoms with E-state index in [1.54, 1.807) is 30.9 Å². The fourth-order valence-electron chi connectivity index (χ4n) is 2.00. The summed E-state index contributed by atoms with van der Waals surface area (Å²) in [5.41, 5.74) is 6.55. The highest BCUT2D eigenvalue weighted by Crippen LogP contribution is 2.25. The quantitative estimate of drug-likeness (QED) is 0.630. The summed E-state index contributed by atoms with van der Waals surface area (Å²) < 4.78 is 0. The van der Waals surface area contributed by atoms with Crippen LogP contribution in [0.4, 0.5) is 5.69 Å². The minimum atomic E-state index is -0.750. The Kier molecular flexibility index (Phi) is 3.52. The fourth-order valence-corrected chi connectivity index (χ4v) is 2.18. The van der Waals surface area contributed by atoms with Crippen LogP contribution >= 0.6 is 11.6 Å². The summed E-state index contributed by atoms with van der Waals surface area (Å²) in [6.07, 6.45) is 0. The van der Waals surface area contributed by atoms with E-state index in [2.05, 4.69) is 5.32 Å². The van der Waals surface area contributed by atoms with E-state index >= 15 is 0 Å². The number of carbonyl (C=O) groups excluding carboxylic acids is 2. The van der Waals surface area contributed by atoms with Gasteiger partial charge in [-0.1, -0.05) is 17.7 Å². The molecule has 1 aromatic carbocycles. The molecule has 0 atom stereocenters. The van der Waals surface area contributed by atoms with Gasteiger partial charge in [0.05, 0.1) is 12.1 Å². The smallest absolute Gasteiger partial charge is 0.246 e. The molecular weight excluding hydrogens is 266 g/mol. The molecule has 1 aromatic rings. The molecule has 0 spiro atoms. The van der Waals surface area contributed by atoms with E-state index in [1.165, 1.54) is 0 Å². The third kappa shape index (κ3) is 2.72. The Bertz CT molecular complexity index is 543. The van der Waals surface area contributed by atoms with Crippen LogP contribution in [0.25, 0.3) is 0 Å². The highest BCUT2D eigenvalue weighted by molar-refractivity contribution is 6.30. The van der Waals surface area contributed by atoms with Crippen molar-refractivity contribution in [2.24, 2.45) is 0 Å². The van der Waals surface area contributed by atoms with E-state index in [9.17, 15) is 9.59 Å². The Morgan fingerprint density at radius 2 is 2.11 bits per heavy atom. The van der Waals surface area contributed by atoms with Crippen molar-refractivity contribution in [2.75, 3.05) is 12.3 Å². The maximum absolute atomic E-state index is 11.8. The van der Waals surface area contributed by atoms with Crippen molar-refractivity contribution in [3.63, 3.8) is 0 Å². The number of amides is 2. The molecule has 1 heterocycles. The van der Waals surface area contributed by atoms with Crippen molar-refractivity contribution in [1.29, 1.82) is 0 Å². The Balaban J connectivity index is 2.25. The van der Waals surface area contributed by atoms with Gasteiger partial charge in [-0.25, -0.2) is 0 Å². The van der Waals surface area contributed by atoms with E-state index in [0.29, 0.717) is 17.3 Å². The molecule has 0 radical (unpaired) electrons. The molecule has 0 aliphatic carbocycles. The van der Waals surface area contributed by atoms with Gasteiger partial charge in [0.2, 0.25) is 11.8 Å². The standard InChI is InChI=1S/C13H16ClN3O2/c1-13(2)12(19)16-11(18)7-17(13)6-8-3-4-9(14)5-10(8)15/h3-5H,6-7,15H2,1-2H3,(H,16,18,19). The molecule has 1 saturated heterocycles. The largest absolute Gasteiger partial charge is 0.398 e. The van der Waals surface area contributed by atoms with Crippen LogP contribution in [0.1, 0.15) is 19.4 Å². The molecule has 0 unspecified atom stereocenters. The monoisotopic (exact) mass is 281 g/mol. The average Bonchev–Trinajstić information content (AvgIpc) is 2.29. The van der Waals surface area contributed by atoms with Crippen LogP contribution < -0.4 is 11.1 Å². The fraction of sp³-hybridized carbons (Fsp3) is 0.385. The van der Waals surface area contributed by atoms with Gasteiger partial charge < -0.3 is 5.73 Å². The summed E-state index contributed by atoms with van der Waals surface area (Å²) in [4.78, 5) is 25.1. The van der Waals surface area contributed by atoms with Crippen molar-refractivity contribution in [2.45, 2.75) is 25.9 Å². The number of imide groups is 1.